The van der Waals surface area contributed by atoms with Crippen LogP contribution in [0.2, 0.25) is 5.02 Å². The van der Waals surface area contributed by atoms with Crippen molar-refractivity contribution < 1.29 is 4.92 Å². The number of nitrogens with one attached hydrogen (secondary N) is 1. The number of nitro groups is 1. The summed E-state index contributed by atoms with van der Waals surface area (Å²) in [4.78, 5) is 15.4. The smallest absolute Gasteiger partial charge is 0.292 e. The van der Waals surface area contributed by atoms with Gasteiger partial charge in [-0.15, -0.1) is 0 Å². The van der Waals surface area contributed by atoms with Gasteiger partial charge in [0.15, 0.2) is 0 Å². The van der Waals surface area contributed by atoms with Crippen LogP contribution in [0.25, 0.3) is 11.3 Å². The van der Waals surface area contributed by atoms with Crippen molar-refractivity contribution in [1.82, 2.24) is 9.55 Å². The number of imidazole rings is 1. The van der Waals surface area contributed by atoms with E-state index < -0.39 is 0 Å². The molecule has 0 bridgehead atoms. The molecule has 1 aliphatic rings. The van der Waals surface area contributed by atoms with Gasteiger partial charge in [-0.05, 0) is 30.5 Å². The predicted octanol–water partition coefficient (Wildman–Crippen LogP) is 5.08. The van der Waals surface area contributed by atoms with Crippen LogP contribution in [0.5, 0.6) is 0 Å². The van der Waals surface area contributed by atoms with Crippen LogP contribution in [0.3, 0.4) is 0 Å². The summed E-state index contributed by atoms with van der Waals surface area (Å²) in [6.45, 7) is 0.562. The molecule has 1 aliphatic carbocycles. The van der Waals surface area contributed by atoms with E-state index in [0.717, 1.165) is 35.4 Å². The Hall–Kier alpha value is -2.86. The second kappa shape index (κ2) is 7.04. The molecule has 0 radical (unpaired) electrons. The number of halogens is 1. The molecule has 0 atom stereocenters. The van der Waals surface area contributed by atoms with Gasteiger partial charge in [0.05, 0.1) is 22.6 Å². The maximum Gasteiger partial charge on any atom is 0.292 e. The monoisotopic (exact) mass is 382 g/mol. The molecule has 7 heteroatoms. The van der Waals surface area contributed by atoms with Crippen LogP contribution in [0.1, 0.15) is 30.0 Å². The zero-order valence-electron chi connectivity index (χ0n) is 14.9. The van der Waals surface area contributed by atoms with Gasteiger partial charge in [0.25, 0.3) is 5.69 Å². The molecule has 1 saturated carbocycles. The number of aromatic nitrogens is 2. The summed E-state index contributed by atoms with van der Waals surface area (Å²) in [7, 11) is 1.68. The second-order valence-electron chi connectivity index (χ2n) is 6.72. The van der Waals surface area contributed by atoms with Crippen molar-refractivity contribution in [2.24, 2.45) is 0 Å². The third-order valence-electron chi connectivity index (χ3n) is 4.84. The Balaban J connectivity index is 1.75. The SMILES string of the molecule is CNc1cc(Cn2cnc(C3CC3)c2-c2ccccc2Cl)ccc1[N+](=O)[O-]. The van der Waals surface area contributed by atoms with E-state index in [2.05, 4.69) is 14.9 Å². The quantitative estimate of drug-likeness (QED) is 0.476. The molecule has 0 amide bonds. The van der Waals surface area contributed by atoms with Gasteiger partial charge in [0.2, 0.25) is 0 Å². The third-order valence-corrected chi connectivity index (χ3v) is 5.17. The Morgan fingerprint density at radius 3 is 2.74 bits per heavy atom. The Labute approximate surface area is 162 Å². The number of hydrogen-bond donors (Lipinski definition) is 1. The molecule has 138 valence electrons. The van der Waals surface area contributed by atoms with Crippen LogP contribution in [0.15, 0.2) is 48.8 Å². The van der Waals surface area contributed by atoms with Crippen LogP contribution in [0, 0.1) is 10.1 Å². The number of nitro benzene ring substituents is 1. The third kappa shape index (κ3) is 3.40. The molecule has 0 unspecified atom stereocenters. The molecule has 0 saturated heterocycles. The lowest BCUT2D eigenvalue weighted by atomic mass is 10.1. The molecule has 1 fully saturated rings. The minimum Gasteiger partial charge on any atom is -0.383 e. The fraction of sp³-hybridized carbons (Fsp3) is 0.250. The molecule has 0 spiro atoms. The fourth-order valence-electron chi connectivity index (χ4n) is 3.36. The minimum absolute atomic E-state index is 0.0666. The summed E-state index contributed by atoms with van der Waals surface area (Å²) in [5.41, 5.74) is 4.61. The summed E-state index contributed by atoms with van der Waals surface area (Å²) < 4.78 is 2.08. The summed E-state index contributed by atoms with van der Waals surface area (Å²) in [6, 6.07) is 12.9. The van der Waals surface area contributed by atoms with Gasteiger partial charge in [-0.3, -0.25) is 10.1 Å². The number of nitrogens with zero attached hydrogens (tertiary/aromatic N) is 3. The molecule has 1 heterocycles. The Bertz CT molecular complexity index is 1010. The van der Waals surface area contributed by atoms with Crippen molar-refractivity contribution in [1.29, 1.82) is 0 Å². The summed E-state index contributed by atoms with van der Waals surface area (Å²) in [5.74, 6) is 0.488. The molecule has 2 aromatic carbocycles. The first kappa shape index (κ1) is 17.5. The first-order valence-electron chi connectivity index (χ1n) is 8.83. The van der Waals surface area contributed by atoms with Gasteiger partial charge in [0, 0.05) is 36.2 Å². The highest BCUT2D eigenvalue weighted by atomic mass is 35.5. The zero-order valence-corrected chi connectivity index (χ0v) is 15.6. The van der Waals surface area contributed by atoms with E-state index in [1.165, 1.54) is 6.07 Å². The van der Waals surface area contributed by atoms with E-state index in [4.69, 9.17) is 11.6 Å². The highest BCUT2D eigenvalue weighted by Gasteiger charge is 2.30. The van der Waals surface area contributed by atoms with Crippen molar-refractivity contribution in [3.05, 3.63) is 75.2 Å². The Morgan fingerprint density at radius 1 is 1.30 bits per heavy atom. The Kier molecular flexibility index (Phi) is 4.58. The summed E-state index contributed by atoms with van der Waals surface area (Å²) >= 11 is 6.46. The van der Waals surface area contributed by atoms with E-state index in [-0.39, 0.29) is 10.6 Å². The van der Waals surface area contributed by atoms with Gasteiger partial charge in [-0.1, -0.05) is 35.9 Å². The lowest BCUT2D eigenvalue weighted by molar-refractivity contribution is -0.383. The fourth-order valence-corrected chi connectivity index (χ4v) is 3.58. The molecule has 6 nitrogen and oxygen atoms in total. The van der Waals surface area contributed by atoms with Crippen LogP contribution >= 0.6 is 11.6 Å². The molecule has 1 aromatic heterocycles. The van der Waals surface area contributed by atoms with E-state index in [9.17, 15) is 10.1 Å². The first-order valence-corrected chi connectivity index (χ1v) is 9.21. The second-order valence-corrected chi connectivity index (χ2v) is 7.13. The van der Waals surface area contributed by atoms with Gasteiger partial charge in [-0.2, -0.15) is 0 Å². The topological polar surface area (TPSA) is 73.0 Å². The highest BCUT2D eigenvalue weighted by molar-refractivity contribution is 6.33. The average Bonchev–Trinajstić information content (AvgIpc) is 3.43. The molecular formula is C20H19ClN4O2. The molecule has 27 heavy (non-hydrogen) atoms. The van der Waals surface area contributed by atoms with Crippen molar-refractivity contribution in [2.75, 3.05) is 12.4 Å². The number of rotatable bonds is 6. The largest absolute Gasteiger partial charge is 0.383 e. The summed E-state index contributed by atoms with van der Waals surface area (Å²) in [5, 5.41) is 14.7. The van der Waals surface area contributed by atoms with E-state index >= 15 is 0 Å². The lowest BCUT2D eigenvalue weighted by Crippen LogP contribution is -2.04. The molecule has 4 rings (SSSR count). The normalized spacial score (nSPS) is 13.6. The van der Waals surface area contributed by atoms with Crippen molar-refractivity contribution in [3.63, 3.8) is 0 Å². The first-order chi connectivity index (χ1) is 13.1. The summed E-state index contributed by atoms with van der Waals surface area (Å²) in [6.07, 6.45) is 4.14. The molecule has 1 N–H and O–H groups in total. The van der Waals surface area contributed by atoms with Crippen LogP contribution in [-0.4, -0.2) is 21.5 Å². The number of benzene rings is 2. The number of anilines is 1. The van der Waals surface area contributed by atoms with E-state index in [1.807, 2.05) is 36.7 Å². The van der Waals surface area contributed by atoms with Crippen molar-refractivity contribution >= 4 is 23.0 Å². The van der Waals surface area contributed by atoms with E-state index in [0.29, 0.717) is 23.2 Å². The van der Waals surface area contributed by atoms with Gasteiger partial charge in [0.1, 0.15) is 5.69 Å². The number of hydrogen-bond acceptors (Lipinski definition) is 4. The van der Waals surface area contributed by atoms with E-state index in [1.54, 1.807) is 13.1 Å². The maximum atomic E-state index is 11.1. The van der Waals surface area contributed by atoms with Crippen LogP contribution in [0.4, 0.5) is 11.4 Å². The van der Waals surface area contributed by atoms with Crippen LogP contribution < -0.4 is 5.32 Å². The van der Waals surface area contributed by atoms with Gasteiger partial charge >= 0.3 is 0 Å². The minimum atomic E-state index is -0.382. The molecular weight excluding hydrogens is 364 g/mol. The highest BCUT2D eigenvalue weighted by Crippen LogP contribution is 2.45. The van der Waals surface area contributed by atoms with Crippen molar-refractivity contribution in [2.45, 2.75) is 25.3 Å². The predicted molar refractivity (Wildman–Crippen MR) is 106 cm³/mol. The average molecular weight is 383 g/mol. The van der Waals surface area contributed by atoms with Gasteiger partial charge < -0.3 is 9.88 Å². The Morgan fingerprint density at radius 2 is 2.07 bits per heavy atom. The van der Waals surface area contributed by atoms with Crippen molar-refractivity contribution in [3.8, 4) is 11.3 Å². The lowest BCUT2D eigenvalue weighted by Gasteiger charge is -2.13. The molecule has 0 aliphatic heterocycles. The maximum absolute atomic E-state index is 11.1. The van der Waals surface area contributed by atoms with Crippen LogP contribution in [-0.2, 0) is 6.54 Å². The zero-order chi connectivity index (χ0) is 19.0. The standard InChI is InChI=1S/C20H19ClN4O2/c1-22-17-10-13(6-9-18(17)25(26)27)11-24-12-23-19(14-7-8-14)20(24)15-4-2-3-5-16(15)21/h2-6,9-10,12,14,22H,7-8,11H2,1H3. The molecule has 3 aromatic rings. The van der Waals surface area contributed by atoms with Gasteiger partial charge in [-0.25, -0.2) is 4.98 Å².